The predicted octanol–water partition coefficient (Wildman–Crippen LogP) is 1.77. The number of amides is 3. The Hall–Kier alpha value is -2.98. The monoisotopic (exact) mass is 419 g/mol. The van der Waals surface area contributed by atoms with E-state index in [0.717, 1.165) is 5.56 Å². The van der Waals surface area contributed by atoms with Gasteiger partial charge in [-0.15, -0.1) is 0 Å². The maximum absolute atomic E-state index is 12.8. The standard InChI is InChI=1S/C20H33N7O3/c1-13(2)10-16(21)18(27-23)11-25-17(4-3-9-24-20(22)30)19(29)26-15-7-5-14(12-28)6-8-15/h5-8,11,13,16-17,23,25,28H,3-4,9-10,12,21H2,1-2H3,(H,26,29)(H3,22,24,30)/b18-11-,27-23?/t16-,17-/m0/s1. The van der Waals surface area contributed by atoms with Crippen LogP contribution in [-0.4, -0.2) is 35.7 Å². The van der Waals surface area contributed by atoms with Gasteiger partial charge in [0, 0.05) is 18.4 Å². The van der Waals surface area contributed by atoms with Crippen molar-refractivity contribution in [3.05, 3.63) is 41.7 Å². The predicted molar refractivity (Wildman–Crippen MR) is 115 cm³/mol. The minimum atomic E-state index is -0.639. The van der Waals surface area contributed by atoms with E-state index in [4.69, 9.17) is 22.1 Å². The van der Waals surface area contributed by atoms with Crippen molar-refractivity contribution in [2.75, 3.05) is 11.9 Å². The summed E-state index contributed by atoms with van der Waals surface area (Å²) in [5.41, 5.74) is 20.2. The van der Waals surface area contributed by atoms with Gasteiger partial charge in [0.25, 0.3) is 0 Å². The number of primary amides is 1. The van der Waals surface area contributed by atoms with Crippen LogP contribution in [0, 0.1) is 11.4 Å². The Balaban J connectivity index is 2.85. The minimum absolute atomic E-state index is 0.0773. The average Bonchev–Trinajstić information content (AvgIpc) is 2.69. The van der Waals surface area contributed by atoms with Gasteiger partial charge in [0.05, 0.1) is 18.3 Å². The number of rotatable bonds is 13. The van der Waals surface area contributed by atoms with Crippen LogP contribution in [0.2, 0.25) is 0 Å². The molecule has 0 aromatic heterocycles. The highest BCUT2D eigenvalue weighted by atomic mass is 16.3. The minimum Gasteiger partial charge on any atom is -0.392 e. The Kier molecular flexibility index (Phi) is 11.1. The maximum Gasteiger partial charge on any atom is 0.312 e. The molecule has 0 saturated carbocycles. The average molecular weight is 420 g/mol. The Morgan fingerprint density at radius 3 is 2.47 bits per heavy atom. The molecule has 10 nitrogen and oxygen atoms in total. The number of nitrogens with zero attached hydrogens (tertiary/aromatic N) is 1. The van der Waals surface area contributed by atoms with E-state index < -0.39 is 18.1 Å². The molecule has 0 radical (unpaired) electrons. The molecule has 9 N–H and O–H groups in total. The Labute approximate surface area is 177 Å². The molecule has 1 aromatic rings. The zero-order valence-corrected chi connectivity index (χ0v) is 17.5. The molecule has 0 aliphatic rings. The summed E-state index contributed by atoms with van der Waals surface area (Å²) in [5.74, 6) is 0.0508. The number of carbonyl (C=O) groups excluding carboxylic acids is 2. The lowest BCUT2D eigenvalue weighted by Gasteiger charge is -2.19. The highest BCUT2D eigenvalue weighted by Gasteiger charge is 2.19. The van der Waals surface area contributed by atoms with Gasteiger partial charge in [-0.05, 0) is 42.9 Å². The summed E-state index contributed by atoms with van der Waals surface area (Å²) in [6.45, 7) is 4.31. The van der Waals surface area contributed by atoms with Crippen LogP contribution >= 0.6 is 0 Å². The van der Waals surface area contributed by atoms with Gasteiger partial charge in [-0.1, -0.05) is 26.0 Å². The summed E-state index contributed by atoms with van der Waals surface area (Å²) >= 11 is 0. The summed E-state index contributed by atoms with van der Waals surface area (Å²) in [4.78, 5) is 23.6. The van der Waals surface area contributed by atoms with E-state index in [1.165, 1.54) is 6.20 Å². The number of urea groups is 1. The first kappa shape index (κ1) is 25.1. The molecule has 30 heavy (non-hydrogen) atoms. The molecular formula is C20H33N7O3. The number of hydrogen-bond acceptors (Lipinski definition) is 7. The number of benzene rings is 1. The zero-order chi connectivity index (χ0) is 22.5. The van der Waals surface area contributed by atoms with Crippen LogP contribution in [0.4, 0.5) is 10.5 Å². The number of nitrogens with two attached hydrogens (primary N) is 2. The third-order valence-corrected chi connectivity index (χ3v) is 4.36. The van der Waals surface area contributed by atoms with E-state index in [9.17, 15) is 9.59 Å². The van der Waals surface area contributed by atoms with Crippen molar-refractivity contribution < 1.29 is 14.7 Å². The van der Waals surface area contributed by atoms with E-state index in [-0.39, 0.29) is 12.5 Å². The molecular weight excluding hydrogens is 386 g/mol. The van der Waals surface area contributed by atoms with Crippen LogP contribution in [0.15, 0.2) is 41.3 Å². The second kappa shape index (κ2) is 13.3. The van der Waals surface area contributed by atoms with E-state index in [2.05, 4.69) is 21.1 Å². The van der Waals surface area contributed by atoms with Crippen molar-refractivity contribution in [1.29, 1.82) is 5.53 Å². The van der Waals surface area contributed by atoms with E-state index in [0.29, 0.717) is 43.1 Å². The molecule has 0 unspecified atom stereocenters. The second-order valence-corrected chi connectivity index (χ2v) is 7.41. The Bertz CT molecular complexity index is 720. The lowest BCUT2D eigenvalue weighted by atomic mass is 10.0. The fraction of sp³-hybridized carbons (Fsp3) is 0.500. The van der Waals surface area contributed by atoms with Crippen molar-refractivity contribution in [3.8, 4) is 0 Å². The molecule has 0 saturated heterocycles. The van der Waals surface area contributed by atoms with Gasteiger partial charge in [-0.3, -0.25) is 4.79 Å². The fourth-order valence-electron chi connectivity index (χ4n) is 2.77. The summed E-state index contributed by atoms with van der Waals surface area (Å²) < 4.78 is 0. The first-order chi connectivity index (χ1) is 14.3. The molecule has 0 aliphatic heterocycles. The lowest BCUT2D eigenvalue weighted by Crippen LogP contribution is -2.39. The first-order valence-corrected chi connectivity index (χ1v) is 9.89. The Morgan fingerprint density at radius 2 is 1.93 bits per heavy atom. The molecule has 0 heterocycles. The number of aliphatic hydroxyl groups is 1. The molecule has 3 amide bonds. The van der Waals surface area contributed by atoms with Crippen molar-refractivity contribution in [2.45, 2.75) is 51.8 Å². The highest BCUT2D eigenvalue weighted by molar-refractivity contribution is 5.94. The van der Waals surface area contributed by atoms with Gasteiger partial charge in [0.2, 0.25) is 5.91 Å². The van der Waals surface area contributed by atoms with Crippen LogP contribution in [0.25, 0.3) is 0 Å². The quantitative estimate of drug-likeness (QED) is 0.190. The molecule has 0 aliphatic carbocycles. The van der Waals surface area contributed by atoms with Gasteiger partial charge in [-0.25, -0.2) is 10.3 Å². The van der Waals surface area contributed by atoms with Gasteiger partial charge in [0.1, 0.15) is 6.04 Å². The van der Waals surface area contributed by atoms with E-state index >= 15 is 0 Å². The molecule has 0 bridgehead atoms. The van der Waals surface area contributed by atoms with Crippen molar-refractivity contribution >= 4 is 17.6 Å². The largest absolute Gasteiger partial charge is 0.392 e. The SMILES string of the molecule is CC(C)C[C@H](N)/C(=C/N[C@@H](CCCNC(N)=O)C(=O)Nc1ccc(CO)cc1)N=N. The van der Waals surface area contributed by atoms with Crippen molar-refractivity contribution in [3.63, 3.8) is 0 Å². The summed E-state index contributed by atoms with van der Waals surface area (Å²) in [6.07, 6.45) is 3.08. The van der Waals surface area contributed by atoms with Crippen molar-refractivity contribution in [2.24, 2.45) is 22.5 Å². The zero-order valence-electron chi connectivity index (χ0n) is 17.5. The summed E-state index contributed by atoms with van der Waals surface area (Å²) in [7, 11) is 0. The van der Waals surface area contributed by atoms with Gasteiger partial charge < -0.3 is 32.5 Å². The van der Waals surface area contributed by atoms with E-state index in [1.54, 1.807) is 24.3 Å². The van der Waals surface area contributed by atoms with Crippen LogP contribution in [0.3, 0.4) is 0 Å². The molecule has 1 rings (SSSR count). The molecule has 166 valence electrons. The van der Waals surface area contributed by atoms with Gasteiger partial charge in [-0.2, -0.15) is 5.11 Å². The molecule has 0 spiro atoms. The molecule has 0 fully saturated rings. The van der Waals surface area contributed by atoms with Crippen LogP contribution in [0.5, 0.6) is 0 Å². The summed E-state index contributed by atoms with van der Waals surface area (Å²) in [5, 5.41) is 20.9. The number of aliphatic hydroxyl groups excluding tert-OH is 1. The topological polar surface area (TPSA) is 179 Å². The fourth-order valence-corrected chi connectivity index (χ4v) is 2.77. The highest BCUT2D eigenvalue weighted by Crippen LogP contribution is 2.13. The number of nitrogens with one attached hydrogen (secondary N) is 4. The van der Waals surface area contributed by atoms with Crippen LogP contribution in [0.1, 0.15) is 38.7 Å². The maximum atomic E-state index is 12.8. The van der Waals surface area contributed by atoms with Gasteiger partial charge in [0.15, 0.2) is 0 Å². The van der Waals surface area contributed by atoms with Crippen molar-refractivity contribution in [1.82, 2.24) is 10.6 Å². The number of anilines is 1. The number of carbonyl (C=O) groups is 2. The third-order valence-electron chi connectivity index (χ3n) is 4.36. The van der Waals surface area contributed by atoms with Crippen LogP contribution < -0.4 is 27.4 Å². The number of hydrogen-bond donors (Lipinski definition) is 7. The second-order valence-electron chi connectivity index (χ2n) is 7.41. The lowest BCUT2D eigenvalue weighted by molar-refractivity contribution is -0.118. The first-order valence-electron chi connectivity index (χ1n) is 9.89. The Morgan fingerprint density at radius 1 is 1.27 bits per heavy atom. The summed E-state index contributed by atoms with van der Waals surface area (Å²) in [6, 6.07) is 5.17. The molecule has 1 aromatic carbocycles. The third kappa shape index (κ3) is 9.48. The normalized spacial score (nSPS) is 13.4. The van der Waals surface area contributed by atoms with E-state index in [1.807, 2.05) is 13.8 Å². The molecule has 10 heteroatoms. The van der Waals surface area contributed by atoms with Gasteiger partial charge >= 0.3 is 6.03 Å². The molecule has 2 atom stereocenters. The van der Waals surface area contributed by atoms with Crippen LogP contribution in [-0.2, 0) is 11.4 Å². The smallest absolute Gasteiger partial charge is 0.312 e.